The molecule has 0 aliphatic carbocycles. The van der Waals surface area contributed by atoms with Crippen LogP contribution in [0.2, 0.25) is 0 Å². The van der Waals surface area contributed by atoms with Crippen molar-refractivity contribution in [2.24, 2.45) is 12.8 Å². The molecule has 0 bridgehead atoms. The van der Waals surface area contributed by atoms with Crippen molar-refractivity contribution in [3.8, 4) is 0 Å². The van der Waals surface area contributed by atoms with Gasteiger partial charge in [-0.2, -0.15) is 5.10 Å². The maximum absolute atomic E-state index is 6.05. The Morgan fingerprint density at radius 3 is 2.40 bits per heavy atom. The number of aromatic nitrogens is 2. The molecule has 4 heteroatoms. The summed E-state index contributed by atoms with van der Waals surface area (Å²) in [4.78, 5) is 0. The molecule has 0 amide bonds. The summed E-state index contributed by atoms with van der Waals surface area (Å²) >= 11 is 0. The van der Waals surface area contributed by atoms with Crippen molar-refractivity contribution in [3.63, 3.8) is 0 Å². The number of nitrogens with two attached hydrogens (primary N) is 1. The van der Waals surface area contributed by atoms with E-state index in [9.17, 15) is 0 Å². The topological polar surface area (TPSA) is 43.8 Å². The van der Waals surface area contributed by atoms with Crippen LogP contribution in [0.5, 0.6) is 0 Å². The van der Waals surface area contributed by atoms with Crippen LogP contribution in [0.3, 0.4) is 0 Å². The fourth-order valence-electron chi connectivity index (χ4n) is 1.43. The Bertz CT molecular complexity index is 411. The Kier molecular flexibility index (Phi) is 3.88. The van der Waals surface area contributed by atoms with E-state index in [0.717, 1.165) is 11.3 Å². The molecule has 1 heterocycles. The molecule has 0 spiro atoms. The molecule has 0 saturated heterocycles. The predicted molar refractivity (Wildman–Crippen MR) is 62.9 cm³/mol. The largest absolute Gasteiger partial charge is 0.319 e. The zero-order valence-electron chi connectivity index (χ0n) is 8.50. The molecule has 0 fully saturated rings. The summed E-state index contributed by atoms with van der Waals surface area (Å²) in [7, 11) is 1.89. The SMILES string of the molecule is Cl.Cn1ccc(C(N)c2ccccc2)n1. The van der Waals surface area contributed by atoms with Crippen LogP contribution in [0.15, 0.2) is 42.6 Å². The second-order valence-corrected chi connectivity index (χ2v) is 3.30. The Morgan fingerprint density at radius 1 is 1.20 bits per heavy atom. The van der Waals surface area contributed by atoms with Crippen molar-refractivity contribution in [1.29, 1.82) is 0 Å². The molecule has 1 atom stereocenters. The fourth-order valence-corrected chi connectivity index (χ4v) is 1.43. The van der Waals surface area contributed by atoms with E-state index in [1.54, 1.807) is 4.68 Å². The van der Waals surface area contributed by atoms with Crippen molar-refractivity contribution < 1.29 is 0 Å². The normalized spacial score (nSPS) is 11.9. The van der Waals surface area contributed by atoms with Crippen molar-refractivity contribution in [2.45, 2.75) is 6.04 Å². The quantitative estimate of drug-likeness (QED) is 0.845. The van der Waals surface area contributed by atoms with Gasteiger partial charge in [0.2, 0.25) is 0 Å². The molecule has 2 rings (SSSR count). The minimum absolute atomic E-state index is 0. The lowest BCUT2D eigenvalue weighted by Gasteiger charge is -2.08. The van der Waals surface area contributed by atoms with E-state index >= 15 is 0 Å². The minimum atomic E-state index is -0.127. The molecule has 0 saturated carbocycles. The molecule has 0 radical (unpaired) electrons. The molecular weight excluding hydrogens is 210 g/mol. The van der Waals surface area contributed by atoms with E-state index in [2.05, 4.69) is 5.10 Å². The number of hydrogen-bond acceptors (Lipinski definition) is 2. The van der Waals surface area contributed by atoms with Gasteiger partial charge >= 0.3 is 0 Å². The molecule has 15 heavy (non-hydrogen) atoms. The molecule has 1 aromatic carbocycles. The van der Waals surface area contributed by atoms with Crippen LogP contribution < -0.4 is 5.73 Å². The Labute approximate surface area is 95.3 Å². The molecule has 2 aromatic rings. The number of hydrogen-bond donors (Lipinski definition) is 1. The smallest absolute Gasteiger partial charge is 0.0837 e. The molecule has 3 nitrogen and oxygen atoms in total. The Balaban J connectivity index is 0.00000112. The molecule has 0 aliphatic heterocycles. The van der Waals surface area contributed by atoms with Gasteiger partial charge in [-0.1, -0.05) is 30.3 Å². The van der Waals surface area contributed by atoms with Crippen LogP contribution >= 0.6 is 12.4 Å². The second kappa shape index (κ2) is 4.96. The number of aryl methyl sites for hydroxylation is 1. The van der Waals surface area contributed by atoms with Gasteiger partial charge in [-0.05, 0) is 11.6 Å². The summed E-state index contributed by atoms with van der Waals surface area (Å²) < 4.78 is 1.76. The highest BCUT2D eigenvalue weighted by atomic mass is 35.5. The van der Waals surface area contributed by atoms with E-state index < -0.39 is 0 Å². The third kappa shape index (κ3) is 2.58. The maximum Gasteiger partial charge on any atom is 0.0837 e. The molecule has 1 aromatic heterocycles. The molecule has 80 valence electrons. The summed E-state index contributed by atoms with van der Waals surface area (Å²) in [5.74, 6) is 0. The first-order chi connectivity index (χ1) is 6.77. The van der Waals surface area contributed by atoms with Gasteiger partial charge in [0.25, 0.3) is 0 Å². The summed E-state index contributed by atoms with van der Waals surface area (Å²) in [5.41, 5.74) is 8.04. The van der Waals surface area contributed by atoms with E-state index in [-0.39, 0.29) is 18.4 Å². The first kappa shape index (κ1) is 11.8. The third-order valence-electron chi connectivity index (χ3n) is 2.21. The monoisotopic (exact) mass is 223 g/mol. The average molecular weight is 224 g/mol. The standard InChI is InChI=1S/C11H13N3.ClH/c1-14-8-7-10(13-14)11(12)9-5-3-2-4-6-9;/h2-8,11H,12H2,1H3;1H. The van der Waals surface area contributed by atoms with Crippen molar-refractivity contribution >= 4 is 12.4 Å². The predicted octanol–water partition coefficient (Wildman–Crippen LogP) is 1.89. The van der Waals surface area contributed by atoms with Gasteiger partial charge < -0.3 is 5.73 Å². The minimum Gasteiger partial charge on any atom is -0.319 e. The zero-order chi connectivity index (χ0) is 9.97. The van der Waals surface area contributed by atoms with Crippen LogP contribution in [-0.4, -0.2) is 9.78 Å². The lowest BCUT2D eigenvalue weighted by Crippen LogP contribution is -2.12. The van der Waals surface area contributed by atoms with E-state index in [0.29, 0.717) is 0 Å². The van der Waals surface area contributed by atoms with E-state index in [4.69, 9.17) is 5.73 Å². The van der Waals surface area contributed by atoms with Crippen LogP contribution in [0.1, 0.15) is 17.3 Å². The van der Waals surface area contributed by atoms with Crippen LogP contribution in [0.25, 0.3) is 0 Å². The van der Waals surface area contributed by atoms with Gasteiger partial charge in [-0.25, -0.2) is 0 Å². The number of benzene rings is 1. The lowest BCUT2D eigenvalue weighted by atomic mass is 10.1. The third-order valence-corrected chi connectivity index (χ3v) is 2.21. The van der Waals surface area contributed by atoms with Gasteiger partial charge in [0.05, 0.1) is 11.7 Å². The highest BCUT2D eigenvalue weighted by Gasteiger charge is 2.10. The highest BCUT2D eigenvalue weighted by Crippen LogP contribution is 2.16. The average Bonchev–Trinajstić information content (AvgIpc) is 2.65. The highest BCUT2D eigenvalue weighted by molar-refractivity contribution is 5.85. The van der Waals surface area contributed by atoms with Crippen molar-refractivity contribution in [1.82, 2.24) is 9.78 Å². The van der Waals surface area contributed by atoms with Gasteiger partial charge in [0, 0.05) is 13.2 Å². The van der Waals surface area contributed by atoms with E-state index in [1.807, 2.05) is 49.6 Å². The summed E-state index contributed by atoms with van der Waals surface area (Å²) in [6, 6.07) is 11.8. The number of halogens is 1. The summed E-state index contributed by atoms with van der Waals surface area (Å²) in [5, 5.41) is 4.28. The number of nitrogens with zero attached hydrogens (tertiary/aromatic N) is 2. The van der Waals surface area contributed by atoms with E-state index in [1.165, 1.54) is 0 Å². The zero-order valence-corrected chi connectivity index (χ0v) is 9.32. The Hall–Kier alpha value is -1.32. The van der Waals surface area contributed by atoms with Crippen LogP contribution in [0, 0.1) is 0 Å². The van der Waals surface area contributed by atoms with Gasteiger partial charge in [-0.3, -0.25) is 4.68 Å². The van der Waals surface area contributed by atoms with Gasteiger partial charge in [0.1, 0.15) is 0 Å². The first-order valence-electron chi connectivity index (χ1n) is 4.57. The van der Waals surface area contributed by atoms with Crippen LogP contribution in [0.4, 0.5) is 0 Å². The van der Waals surface area contributed by atoms with Gasteiger partial charge in [-0.15, -0.1) is 12.4 Å². The van der Waals surface area contributed by atoms with Gasteiger partial charge in [0.15, 0.2) is 0 Å². The molecular formula is C11H14ClN3. The lowest BCUT2D eigenvalue weighted by molar-refractivity contribution is 0.716. The Morgan fingerprint density at radius 2 is 1.87 bits per heavy atom. The molecule has 0 aliphatic rings. The van der Waals surface area contributed by atoms with Crippen LogP contribution in [-0.2, 0) is 7.05 Å². The molecule has 1 unspecified atom stereocenters. The van der Waals surface area contributed by atoms with Crippen molar-refractivity contribution in [2.75, 3.05) is 0 Å². The first-order valence-corrected chi connectivity index (χ1v) is 4.57. The maximum atomic E-state index is 6.05. The van der Waals surface area contributed by atoms with Crippen molar-refractivity contribution in [3.05, 3.63) is 53.9 Å². The summed E-state index contributed by atoms with van der Waals surface area (Å²) in [6.07, 6.45) is 1.90. The number of rotatable bonds is 2. The fraction of sp³-hybridized carbons (Fsp3) is 0.182. The molecule has 2 N–H and O–H groups in total. The summed E-state index contributed by atoms with van der Waals surface area (Å²) in [6.45, 7) is 0. The second-order valence-electron chi connectivity index (χ2n) is 3.30.